The molecule has 2 aromatic carbocycles. The Balaban J connectivity index is 2.19. The molecule has 0 fully saturated rings. The van der Waals surface area contributed by atoms with E-state index in [1.54, 1.807) is 6.07 Å². The van der Waals surface area contributed by atoms with E-state index in [0.717, 1.165) is 6.07 Å². The maximum atomic E-state index is 13.2. The highest BCUT2D eigenvalue weighted by atomic mass is 19.4. The highest BCUT2D eigenvalue weighted by Crippen LogP contribution is 2.37. The zero-order valence-electron chi connectivity index (χ0n) is 13.1. The van der Waals surface area contributed by atoms with E-state index in [4.69, 9.17) is 9.84 Å². The Morgan fingerprint density at radius 1 is 1.12 bits per heavy atom. The lowest BCUT2D eigenvalue weighted by molar-refractivity contribution is -0.139. The first-order valence-corrected chi connectivity index (χ1v) is 7.25. The number of carboxylic acid groups (broad SMARTS) is 1. The van der Waals surface area contributed by atoms with Gasteiger partial charge in [0.1, 0.15) is 24.6 Å². The van der Waals surface area contributed by atoms with Crippen LogP contribution in [0.2, 0.25) is 0 Å². The van der Waals surface area contributed by atoms with Gasteiger partial charge in [-0.1, -0.05) is 12.1 Å². The van der Waals surface area contributed by atoms with E-state index in [1.165, 1.54) is 24.3 Å². The summed E-state index contributed by atoms with van der Waals surface area (Å²) in [6.07, 6.45) is -5.76. The minimum absolute atomic E-state index is 0.141. The van der Waals surface area contributed by atoms with E-state index >= 15 is 0 Å². The fraction of sp³-hybridized carbons (Fsp3) is 0.176. The van der Waals surface area contributed by atoms with E-state index in [2.05, 4.69) is 0 Å². The Bertz CT molecular complexity index is 821. The first-order chi connectivity index (χ1) is 12.1. The third-order valence-corrected chi connectivity index (χ3v) is 3.18. The van der Waals surface area contributed by atoms with Crippen LogP contribution in [0.25, 0.3) is 0 Å². The second-order valence-electron chi connectivity index (χ2n) is 5.24. The van der Waals surface area contributed by atoms with Crippen molar-refractivity contribution in [1.82, 2.24) is 0 Å². The van der Waals surface area contributed by atoms with Gasteiger partial charge in [0, 0.05) is 0 Å². The van der Waals surface area contributed by atoms with Crippen LogP contribution < -0.4 is 10.1 Å². The smallest absolute Gasteiger partial charge is 0.418 e. The van der Waals surface area contributed by atoms with Gasteiger partial charge >= 0.3 is 12.1 Å². The monoisotopic (exact) mass is 371 g/mol. The number of hydrogen-bond donors (Lipinski definition) is 2. The van der Waals surface area contributed by atoms with Gasteiger partial charge in [-0.25, -0.2) is 4.39 Å². The predicted molar refractivity (Wildman–Crippen MR) is 83.1 cm³/mol. The second-order valence-corrected chi connectivity index (χ2v) is 5.24. The van der Waals surface area contributed by atoms with Crippen molar-refractivity contribution in [3.05, 3.63) is 59.4 Å². The Hall–Kier alpha value is -3.10. The van der Waals surface area contributed by atoms with Gasteiger partial charge in [0.15, 0.2) is 0 Å². The molecule has 0 unspecified atom stereocenters. The molecule has 26 heavy (non-hydrogen) atoms. The Labute approximate surface area is 145 Å². The van der Waals surface area contributed by atoms with Crippen LogP contribution in [0.4, 0.5) is 23.2 Å². The normalized spacial score (nSPS) is 11.1. The molecule has 0 aliphatic heterocycles. The molecule has 0 aliphatic carbocycles. The minimum Gasteiger partial charge on any atom is -0.489 e. The van der Waals surface area contributed by atoms with Crippen molar-refractivity contribution in [3.63, 3.8) is 0 Å². The fourth-order valence-corrected chi connectivity index (χ4v) is 2.08. The number of nitrogens with one attached hydrogen (secondary N) is 1. The molecule has 2 rings (SSSR count). The first-order valence-electron chi connectivity index (χ1n) is 7.25. The van der Waals surface area contributed by atoms with Crippen LogP contribution in [0.15, 0.2) is 42.5 Å². The first kappa shape index (κ1) is 19.2. The number of ether oxygens (including phenoxy) is 1. The standard InChI is InChI=1S/C17H13F4NO4/c18-11-3-1-2-10(6-11)9-26-12-4-5-14(13(7-12)17(19,20)21)22-15(23)8-16(24)25/h1-7H,8-9H2,(H,22,23)(H,24,25). The summed E-state index contributed by atoms with van der Waals surface area (Å²) in [6, 6.07) is 8.22. The van der Waals surface area contributed by atoms with Crippen molar-refractivity contribution in [1.29, 1.82) is 0 Å². The van der Waals surface area contributed by atoms with Gasteiger partial charge in [0.05, 0.1) is 11.3 Å². The van der Waals surface area contributed by atoms with Crippen LogP contribution in [0.3, 0.4) is 0 Å². The van der Waals surface area contributed by atoms with Crippen molar-refractivity contribution in [2.45, 2.75) is 19.2 Å². The minimum atomic E-state index is -4.80. The highest BCUT2D eigenvalue weighted by Gasteiger charge is 2.34. The lowest BCUT2D eigenvalue weighted by atomic mass is 10.1. The third kappa shape index (κ3) is 5.47. The molecule has 0 saturated carbocycles. The van der Waals surface area contributed by atoms with E-state index in [-0.39, 0.29) is 12.4 Å². The number of aliphatic carboxylic acids is 1. The Morgan fingerprint density at radius 3 is 2.46 bits per heavy atom. The van der Waals surface area contributed by atoms with Gasteiger partial charge in [-0.05, 0) is 35.9 Å². The molecule has 0 bridgehead atoms. The van der Waals surface area contributed by atoms with Crippen molar-refractivity contribution < 1.29 is 37.0 Å². The molecule has 2 aromatic rings. The van der Waals surface area contributed by atoms with Crippen LogP contribution >= 0.6 is 0 Å². The lowest BCUT2D eigenvalue weighted by Gasteiger charge is -2.15. The number of carbonyl (C=O) groups is 2. The molecular weight excluding hydrogens is 358 g/mol. The zero-order chi connectivity index (χ0) is 19.3. The van der Waals surface area contributed by atoms with E-state index in [1.807, 2.05) is 5.32 Å². The topological polar surface area (TPSA) is 75.6 Å². The highest BCUT2D eigenvalue weighted by molar-refractivity contribution is 6.01. The van der Waals surface area contributed by atoms with Crippen molar-refractivity contribution in [3.8, 4) is 5.75 Å². The van der Waals surface area contributed by atoms with Crippen LogP contribution in [0.1, 0.15) is 17.5 Å². The number of amides is 1. The van der Waals surface area contributed by atoms with Crippen molar-refractivity contribution in [2.75, 3.05) is 5.32 Å². The summed E-state index contributed by atoms with van der Waals surface area (Å²) in [5.74, 6) is -3.20. The summed E-state index contributed by atoms with van der Waals surface area (Å²) in [4.78, 5) is 21.9. The molecule has 0 spiro atoms. The van der Waals surface area contributed by atoms with E-state index < -0.39 is 41.5 Å². The zero-order valence-corrected chi connectivity index (χ0v) is 13.1. The van der Waals surface area contributed by atoms with Gasteiger partial charge in [-0.2, -0.15) is 13.2 Å². The molecule has 138 valence electrons. The fourth-order valence-electron chi connectivity index (χ4n) is 2.08. The Morgan fingerprint density at radius 2 is 1.85 bits per heavy atom. The number of hydrogen-bond acceptors (Lipinski definition) is 3. The summed E-state index contributed by atoms with van der Waals surface area (Å²) >= 11 is 0. The number of carboxylic acids is 1. The van der Waals surface area contributed by atoms with Crippen LogP contribution in [-0.2, 0) is 22.4 Å². The predicted octanol–water partition coefficient (Wildman–Crippen LogP) is 3.84. The van der Waals surface area contributed by atoms with Crippen LogP contribution in [0.5, 0.6) is 5.75 Å². The molecule has 0 atom stereocenters. The second kappa shape index (κ2) is 7.85. The molecule has 0 aromatic heterocycles. The largest absolute Gasteiger partial charge is 0.489 e. The van der Waals surface area contributed by atoms with E-state index in [0.29, 0.717) is 11.6 Å². The number of benzene rings is 2. The summed E-state index contributed by atoms with van der Waals surface area (Å²) in [6.45, 7) is -0.153. The molecule has 0 radical (unpaired) electrons. The maximum absolute atomic E-state index is 13.2. The van der Waals surface area contributed by atoms with Gasteiger partial charge in [-0.3, -0.25) is 9.59 Å². The van der Waals surface area contributed by atoms with Gasteiger partial charge in [0.25, 0.3) is 0 Å². The Kier molecular flexibility index (Phi) is 5.81. The van der Waals surface area contributed by atoms with Gasteiger partial charge in [0.2, 0.25) is 5.91 Å². The molecule has 0 aliphatic rings. The third-order valence-electron chi connectivity index (χ3n) is 3.18. The number of halogens is 4. The lowest BCUT2D eigenvalue weighted by Crippen LogP contribution is -2.19. The molecule has 5 nitrogen and oxygen atoms in total. The summed E-state index contributed by atoms with van der Waals surface area (Å²) in [5.41, 5.74) is -1.34. The van der Waals surface area contributed by atoms with Crippen LogP contribution in [0, 0.1) is 5.82 Å². The van der Waals surface area contributed by atoms with Crippen LogP contribution in [-0.4, -0.2) is 17.0 Å². The van der Waals surface area contributed by atoms with E-state index in [9.17, 15) is 27.2 Å². The molecular formula is C17H13F4NO4. The maximum Gasteiger partial charge on any atom is 0.418 e. The average Bonchev–Trinajstić information content (AvgIpc) is 2.52. The number of anilines is 1. The molecule has 9 heteroatoms. The number of rotatable bonds is 6. The van der Waals surface area contributed by atoms with Crippen molar-refractivity contribution in [2.24, 2.45) is 0 Å². The molecule has 0 saturated heterocycles. The molecule has 0 heterocycles. The van der Waals surface area contributed by atoms with Gasteiger partial charge < -0.3 is 15.2 Å². The van der Waals surface area contributed by atoms with Crippen molar-refractivity contribution >= 4 is 17.6 Å². The molecule has 2 N–H and O–H groups in total. The summed E-state index contributed by atoms with van der Waals surface area (Å²) in [7, 11) is 0. The van der Waals surface area contributed by atoms with Gasteiger partial charge in [-0.15, -0.1) is 0 Å². The SMILES string of the molecule is O=C(O)CC(=O)Nc1ccc(OCc2cccc(F)c2)cc1C(F)(F)F. The number of carbonyl (C=O) groups excluding carboxylic acids is 1. The summed E-state index contributed by atoms with van der Waals surface area (Å²) in [5, 5.41) is 10.4. The quantitative estimate of drug-likeness (QED) is 0.598. The summed E-state index contributed by atoms with van der Waals surface area (Å²) < 4.78 is 57.9. The number of alkyl halides is 3. The average molecular weight is 371 g/mol. The molecule has 1 amide bonds.